The molecule has 0 radical (unpaired) electrons. The van der Waals surface area contributed by atoms with Crippen LogP contribution in [0.4, 0.5) is 10.5 Å². The van der Waals surface area contributed by atoms with Crippen molar-refractivity contribution in [3.8, 4) is 5.75 Å². The first-order chi connectivity index (χ1) is 27.2. The molecule has 1 amide bonds. The fraction of sp³-hybridized carbons (Fsp3) is 0.341. The number of carbonyl (C=O) groups excluding carboxylic acids is 2. The number of aromatic amines is 1. The molecule has 0 spiro atoms. The molecule has 0 aliphatic carbocycles. The minimum atomic E-state index is -2.10. The maximum Gasteiger partial charge on any atom is 0.411 e. The normalized spacial score (nSPS) is 15.2. The Kier molecular flexibility index (Phi) is 13.9. The number of phenolic OH excluding ortho intramolecular Hbond substituents is 1. The number of benzene rings is 4. The number of carbonyl (C=O) groups is 2. The Morgan fingerprint density at radius 1 is 0.857 bits per heavy atom. The molecule has 1 aromatic heterocycles. The van der Waals surface area contributed by atoms with Crippen LogP contribution < -0.4 is 16.2 Å². The predicted molar refractivity (Wildman–Crippen MR) is 214 cm³/mol. The number of fused-ring (bicyclic) bond motifs is 1. The van der Waals surface area contributed by atoms with Crippen molar-refractivity contribution in [1.82, 2.24) is 15.2 Å². The van der Waals surface area contributed by atoms with Crippen LogP contribution >= 0.6 is 0 Å². The Morgan fingerprint density at radius 3 is 2.36 bits per heavy atom. The van der Waals surface area contributed by atoms with E-state index in [-0.39, 0.29) is 48.1 Å². The number of likely N-dealkylation sites (tertiary alicyclic amines) is 1. The van der Waals surface area contributed by atoms with Crippen molar-refractivity contribution in [3.63, 3.8) is 0 Å². The molecule has 2 heterocycles. The number of rotatable bonds is 17. The van der Waals surface area contributed by atoms with E-state index in [2.05, 4.69) is 32.7 Å². The highest BCUT2D eigenvalue weighted by Gasteiger charge is 2.42. The number of nitrogens with one attached hydrogen (secondary N) is 3. The van der Waals surface area contributed by atoms with E-state index in [0.717, 1.165) is 45.3 Å². The van der Waals surface area contributed by atoms with Gasteiger partial charge in [-0.25, -0.2) is 9.59 Å². The molecule has 0 bridgehead atoms. The molecular weight excluding hydrogens is 713 g/mol. The monoisotopic (exact) mass is 762 g/mol. The molecular formula is C44H50N4O8. The molecule has 1 aliphatic rings. The van der Waals surface area contributed by atoms with Gasteiger partial charge in [0.15, 0.2) is 0 Å². The Bertz CT molecular complexity index is 2100. The van der Waals surface area contributed by atoms with Gasteiger partial charge in [-0.15, -0.1) is 0 Å². The highest BCUT2D eigenvalue weighted by atomic mass is 16.6. The van der Waals surface area contributed by atoms with Crippen molar-refractivity contribution in [1.29, 1.82) is 0 Å². The summed E-state index contributed by atoms with van der Waals surface area (Å²) in [5, 5.41) is 39.4. The van der Waals surface area contributed by atoms with Gasteiger partial charge in [0.25, 0.3) is 0 Å². The molecule has 12 nitrogen and oxygen atoms in total. The summed E-state index contributed by atoms with van der Waals surface area (Å²) in [5.41, 5.74) is 0.697. The summed E-state index contributed by atoms with van der Waals surface area (Å²) in [6.45, 7) is 4.00. The third-order valence-electron chi connectivity index (χ3n) is 10.3. The van der Waals surface area contributed by atoms with Crippen LogP contribution in [0.25, 0.3) is 10.9 Å². The van der Waals surface area contributed by atoms with Gasteiger partial charge in [0.2, 0.25) is 11.2 Å². The molecule has 2 atom stereocenters. The number of aliphatic hydroxyl groups is 2. The number of hydrogen-bond donors (Lipinski definition) is 6. The summed E-state index contributed by atoms with van der Waals surface area (Å²) in [5.74, 6) is -0.647. The van der Waals surface area contributed by atoms with Crippen LogP contribution in [0, 0.1) is 5.92 Å². The molecule has 1 aliphatic heterocycles. The third kappa shape index (κ3) is 10.4. The average Bonchev–Trinajstić information content (AvgIpc) is 3.22. The smallest absolute Gasteiger partial charge is 0.411 e. The lowest BCUT2D eigenvalue weighted by Gasteiger charge is -2.33. The van der Waals surface area contributed by atoms with E-state index in [4.69, 9.17) is 9.47 Å². The summed E-state index contributed by atoms with van der Waals surface area (Å²) < 4.78 is 11.2. The van der Waals surface area contributed by atoms with Crippen molar-refractivity contribution in [2.45, 2.75) is 50.4 Å². The Morgan fingerprint density at radius 2 is 1.59 bits per heavy atom. The van der Waals surface area contributed by atoms with E-state index in [1.54, 1.807) is 66.7 Å². The fourth-order valence-electron chi connectivity index (χ4n) is 7.10. The van der Waals surface area contributed by atoms with E-state index in [1.165, 1.54) is 17.7 Å². The van der Waals surface area contributed by atoms with Crippen molar-refractivity contribution in [3.05, 3.63) is 142 Å². The van der Waals surface area contributed by atoms with E-state index in [0.29, 0.717) is 35.2 Å². The number of aromatic hydroxyl groups is 1. The SMILES string of the molecule is O=C(Nc1cccc(C(O)(C(=O)OCC2CCN(Cc3ccccc3)CC2)c2ccccc2)c1)OCCCCCNCC(O)c1ccc(O)c2[nH]c(=O)ccc12. The largest absolute Gasteiger partial charge is 0.506 e. The van der Waals surface area contributed by atoms with Crippen LogP contribution in [0.2, 0.25) is 0 Å². The van der Waals surface area contributed by atoms with E-state index >= 15 is 0 Å². The number of ether oxygens (including phenoxy) is 2. The van der Waals surface area contributed by atoms with Crippen LogP contribution in [-0.2, 0) is 26.4 Å². The van der Waals surface area contributed by atoms with E-state index < -0.39 is 23.8 Å². The van der Waals surface area contributed by atoms with Crippen molar-refractivity contribution < 1.29 is 34.4 Å². The number of anilines is 1. The number of piperidine rings is 1. The van der Waals surface area contributed by atoms with Gasteiger partial charge in [0, 0.05) is 35.8 Å². The lowest BCUT2D eigenvalue weighted by molar-refractivity contribution is -0.164. The lowest BCUT2D eigenvalue weighted by atomic mass is 9.86. The number of H-pyrrole nitrogens is 1. The highest BCUT2D eigenvalue weighted by molar-refractivity contribution is 5.88. The summed E-state index contributed by atoms with van der Waals surface area (Å²) in [7, 11) is 0. The van der Waals surface area contributed by atoms with Gasteiger partial charge in [-0.05, 0) is 98.6 Å². The summed E-state index contributed by atoms with van der Waals surface area (Å²) >= 11 is 0. The topological polar surface area (TPSA) is 173 Å². The molecule has 2 unspecified atom stereocenters. The molecule has 294 valence electrons. The van der Waals surface area contributed by atoms with Gasteiger partial charge in [0.05, 0.1) is 24.8 Å². The number of aromatic nitrogens is 1. The maximum absolute atomic E-state index is 13.8. The van der Waals surface area contributed by atoms with Gasteiger partial charge in [-0.3, -0.25) is 15.0 Å². The van der Waals surface area contributed by atoms with Gasteiger partial charge in [-0.1, -0.05) is 78.9 Å². The van der Waals surface area contributed by atoms with Gasteiger partial charge < -0.3 is 35.1 Å². The molecule has 6 N–H and O–H groups in total. The molecule has 1 saturated heterocycles. The molecule has 1 fully saturated rings. The molecule has 6 rings (SSSR count). The zero-order chi connectivity index (χ0) is 39.3. The van der Waals surface area contributed by atoms with Gasteiger partial charge >= 0.3 is 12.1 Å². The first kappa shape index (κ1) is 40.1. The van der Waals surface area contributed by atoms with Crippen LogP contribution in [-0.4, -0.2) is 76.7 Å². The Labute approximate surface area is 326 Å². The first-order valence-electron chi connectivity index (χ1n) is 19.2. The molecule has 4 aromatic carbocycles. The second kappa shape index (κ2) is 19.4. The molecule has 0 saturated carbocycles. The second-order valence-corrected chi connectivity index (χ2v) is 14.3. The molecule has 12 heteroatoms. The minimum Gasteiger partial charge on any atom is -0.506 e. The van der Waals surface area contributed by atoms with E-state index in [1.807, 2.05) is 18.2 Å². The number of nitrogens with zero attached hydrogens (tertiary/aromatic N) is 1. The zero-order valence-electron chi connectivity index (χ0n) is 31.4. The quantitative estimate of drug-likeness (QED) is 0.0490. The maximum atomic E-state index is 13.8. The standard InChI is InChI=1S/C44H50N4O8/c49-38-19-17-36(37-18-20-40(51)47-41(37)38)39(50)28-45-23-8-3-9-26-55-43(53)46-35-16-10-15-34(27-35)44(54,33-13-6-2-7-14-33)42(52)56-30-32-21-24-48(25-22-32)29-31-11-4-1-5-12-31/h1-2,4-7,10-20,27,32,39,45,49-50,54H,3,8-9,21-26,28-30H2,(H,46,53)(H,47,51). The van der Waals surface area contributed by atoms with Crippen molar-refractivity contribution >= 4 is 28.7 Å². The summed E-state index contributed by atoms with van der Waals surface area (Å²) in [6.07, 6.45) is 2.45. The molecule has 56 heavy (non-hydrogen) atoms. The number of hydrogen-bond acceptors (Lipinski definition) is 10. The summed E-state index contributed by atoms with van der Waals surface area (Å²) in [4.78, 5) is 43.1. The van der Waals surface area contributed by atoms with Crippen LogP contribution in [0.3, 0.4) is 0 Å². The Balaban J connectivity index is 0.939. The number of phenols is 1. The van der Waals surface area contributed by atoms with E-state index in [9.17, 15) is 29.7 Å². The fourth-order valence-corrected chi connectivity index (χ4v) is 7.10. The number of unbranched alkanes of at least 4 members (excludes halogenated alkanes) is 2. The number of esters is 1. The van der Waals surface area contributed by atoms with Gasteiger partial charge in [-0.2, -0.15) is 0 Å². The minimum absolute atomic E-state index is 0.0597. The number of amides is 1. The van der Waals surface area contributed by atoms with Crippen LogP contribution in [0.15, 0.2) is 114 Å². The Hall–Kier alpha value is -5.53. The summed E-state index contributed by atoms with van der Waals surface area (Å²) in [6, 6.07) is 31.5. The van der Waals surface area contributed by atoms with Crippen molar-refractivity contribution in [2.24, 2.45) is 5.92 Å². The number of pyridine rings is 1. The van der Waals surface area contributed by atoms with Crippen LogP contribution in [0.5, 0.6) is 5.75 Å². The first-order valence-corrected chi connectivity index (χ1v) is 19.2. The third-order valence-corrected chi connectivity index (χ3v) is 10.3. The lowest BCUT2D eigenvalue weighted by Crippen LogP contribution is -2.40. The van der Waals surface area contributed by atoms with Gasteiger partial charge in [0.1, 0.15) is 5.75 Å². The highest BCUT2D eigenvalue weighted by Crippen LogP contribution is 2.34. The molecule has 5 aromatic rings. The second-order valence-electron chi connectivity index (χ2n) is 14.3. The van der Waals surface area contributed by atoms with Crippen molar-refractivity contribution in [2.75, 3.05) is 44.7 Å². The predicted octanol–water partition coefficient (Wildman–Crippen LogP) is 5.97. The van der Waals surface area contributed by atoms with Crippen LogP contribution in [0.1, 0.15) is 60.5 Å². The number of aliphatic hydroxyl groups excluding tert-OH is 1. The average molecular weight is 763 g/mol. The zero-order valence-corrected chi connectivity index (χ0v) is 31.4.